The molecule has 0 saturated carbocycles. The van der Waals surface area contributed by atoms with Gasteiger partial charge in [-0.25, -0.2) is 9.59 Å². The number of benzene rings is 1. The third-order valence-electron chi connectivity index (χ3n) is 5.24. The van der Waals surface area contributed by atoms with Crippen molar-refractivity contribution in [2.24, 2.45) is 0 Å². The summed E-state index contributed by atoms with van der Waals surface area (Å²) in [5.74, 6) is 0.119. The number of carbonyl (C=O) groups is 2. The Kier molecular flexibility index (Phi) is 5.89. The number of ether oxygens (including phenoxy) is 2. The topological polar surface area (TPSA) is 59.1 Å². The molecule has 6 heteroatoms. The molecule has 0 spiro atoms. The SMILES string of the molecule is Cc1cccc2c1N(C(=O)OC(C)(C)C)CC2C1=CCN(C(=O)OC(C)(C)C)CC1. The van der Waals surface area contributed by atoms with E-state index in [4.69, 9.17) is 9.47 Å². The number of hydrogen-bond acceptors (Lipinski definition) is 4. The third kappa shape index (κ3) is 4.97. The zero-order valence-electron chi connectivity index (χ0n) is 19.2. The van der Waals surface area contributed by atoms with Crippen LogP contribution in [0.1, 0.15) is 65.0 Å². The van der Waals surface area contributed by atoms with E-state index in [1.54, 1.807) is 9.80 Å². The molecule has 0 radical (unpaired) electrons. The van der Waals surface area contributed by atoms with Crippen LogP contribution in [0.5, 0.6) is 0 Å². The smallest absolute Gasteiger partial charge is 0.414 e. The molecule has 0 aliphatic carbocycles. The van der Waals surface area contributed by atoms with E-state index in [1.165, 1.54) is 5.57 Å². The normalized spacial score (nSPS) is 19.3. The second kappa shape index (κ2) is 7.97. The summed E-state index contributed by atoms with van der Waals surface area (Å²) in [5.41, 5.74) is 3.37. The maximum atomic E-state index is 12.9. The lowest BCUT2D eigenvalue weighted by molar-refractivity contribution is 0.0265. The van der Waals surface area contributed by atoms with Crippen molar-refractivity contribution in [1.82, 2.24) is 4.90 Å². The number of fused-ring (bicyclic) bond motifs is 1. The molecule has 1 aromatic carbocycles. The lowest BCUT2D eigenvalue weighted by Gasteiger charge is -2.31. The lowest BCUT2D eigenvalue weighted by Crippen LogP contribution is -2.40. The number of nitrogens with zero attached hydrogens (tertiary/aromatic N) is 2. The summed E-state index contributed by atoms with van der Waals surface area (Å²) in [6.07, 6.45) is 2.28. The van der Waals surface area contributed by atoms with Crippen molar-refractivity contribution < 1.29 is 19.1 Å². The zero-order chi connectivity index (χ0) is 22.3. The zero-order valence-corrected chi connectivity index (χ0v) is 19.2. The summed E-state index contributed by atoms with van der Waals surface area (Å²) in [4.78, 5) is 28.8. The Balaban J connectivity index is 1.80. The van der Waals surface area contributed by atoms with Crippen molar-refractivity contribution in [3.05, 3.63) is 41.0 Å². The largest absolute Gasteiger partial charge is 0.444 e. The maximum Gasteiger partial charge on any atom is 0.414 e. The molecule has 0 aromatic heterocycles. The second-order valence-corrected chi connectivity index (χ2v) is 10.1. The Bertz CT molecular complexity index is 861. The van der Waals surface area contributed by atoms with Crippen LogP contribution in [0, 0.1) is 6.92 Å². The molecule has 1 atom stereocenters. The van der Waals surface area contributed by atoms with Gasteiger partial charge in [0.2, 0.25) is 0 Å². The number of carbonyl (C=O) groups excluding carboxylic acids is 2. The number of para-hydroxylation sites is 1. The van der Waals surface area contributed by atoms with Gasteiger partial charge in [-0.2, -0.15) is 0 Å². The molecule has 2 heterocycles. The molecule has 2 aliphatic heterocycles. The third-order valence-corrected chi connectivity index (χ3v) is 5.24. The van der Waals surface area contributed by atoms with Gasteiger partial charge in [0.15, 0.2) is 0 Å². The van der Waals surface area contributed by atoms with Crippen LogP contribution in [-0.2, 0) is 9.47 Å². The van der Waals surface area contributed by atoms with Gasteiger partial charge in [0.05, 0.1) is 5.69 Å². The van der Waals surface area contributed by atoms with Gasteiger partial charge in [0, 0.05) is 25.6 Å². The van der Waals surface area contributed by atoms with E-state index in [0.29, 0.717) is 19.6 Å². The predicted octanol–water partition coefficient (Wildman–Crippen LogP) is 5.40. The molecule has 0 bridgehead atoms. The van der Waals surface area contributed by atoms with Crippen LogP contribution in [-0.4, -0.2) is 47.9 Å². The van der Waals surface area contributed by atoms with Gasteiger partial charge in [-0.05, 0) is 66.0 Å². The highest BCUT2D eigenvalue weighted by atomic mass is 16.6. The van der Waals surface area contributed by atoms with Crippen molar-refractivity contribution in [2.45, 2.75) is 72.0 Å². The maximum absolute atomic E-state index is 12.9. The average Bonchev–Trinajstić information content (AvgIpc) is 3.00. The van der Waals surface area contributed by atoms with Crippen molar-refractivity contribution in [1.29, 1.82) is 0 Å². The molecule has 1 unspecified atom stereocenters. The van der Waals surface area contributed by atoms with E-state index in [2.05, 4.69) is 12.1 Å². The molecule has 30 heavy (non-hydrogen) atoms. The first-order chi connectivity index (χ1) is 13.9. The number of amides is 2. The first kappa shape index (κ1) is 22.2. The van der Waals surface area contributed by atoms with Crippen molar-refractivity contribution in [3.63, 3.8) is 0 Å². The van der Waals surface area contributed by atoms with Crippen LogP contribution in [0.15, 0.2) is 29.8 Å². The monoisotopic (exact) mass is 414 g/mol. The Hall–Kier alpha value is -2.50. The van der Waals surface area contributed by atoms with E-state index < -0.39 is 11.2 Å². The Morgan fingerprint density at radius 3 is 2.20 bits per heavy atom. The van der Waals surface area contributed by atoms with Gasteiger partial charge in [-0.1, -0.05) is 29.8 Å². The molecule has 2 amide bonds. The summed E-state index contributed by atoms with van der Waals surface area (Å²) in [6, 6.07) is 6.16. The van der Waals surface area contributed by atoms with E-state index >= 15 is 0 Å². The van der Waals surface area contributed by atoms with E-state index in [0.717, 1.165) is 23.2 Å². The molecular formula is C24H34N2O4. The Labute approximate surface area is 179 Å². The molecule has 0 N–H and O–H groups in total. The van der Waals surface area contributed by atoms with Crippen LogP contribution >= 0.6 is 0 Å². The number of rotatable bonds is 1. The molecule has 2 aliphatic rings. The van der Waals surface area contributed by atoms with E-state index in [1.807, 2.05) is 60.6 Å². The molecule has 6 nitrogen and oxygen atoms in total. The van der Waals surface area contributed by atoms with E-state index in [9.17, 15) is 9.59 Å². The molecule has 0 saturated heterocycles. The van der Waals surface area contributed by atoms with Crippen LogP contribution in [0.3, 0.4) is 0 Å². The molecular weight excluding hydrogens is 380 g/mol. The van der Waals surface area contributed by atoms with Crippen LogP contribution < -0.4 is 4.90 Å². The van der Waals surface area contributed by atoms with Gasteiger partial charge in [0.25, 0.3) is 0 Å². The van der Waals surface area contributed by atoms with Gasteiger partial charge < -0.3 is 14.4 Å². The summed E-state index contributed by atoms with van der Waals surface area (Å²) < 4.78 is 11.2. The minimum absolute atomic E-state index is 0.119. The Morgan fingerprint density at radius 1 is 1.00 bits per heavy atom. The Morgan fingerprint density at radius 2 is 1.63 bits per heavy atom. The van der Waals surface area contributed by atoms with Gasteiger partial charge >= 0.3 is 12.2 Å². The summed E-state index contributed by atoms with van der Waals surface area (Å²) >= 11 is 0. The minimum Gasteiger partial charge on any atom is -0.444 e. The van der Waals surface area contributed by atoms with Crippen LogP contribution in [0.4, 0.5) is 15.3 Å². The summed E-state index contributed by atoms with van der Waals surface area (Å²) in [7, 11) is 0. The summed E-state index contributed by atoms with van der Waals surface area (Å²) in [5, 5.41) is 0. The van der Waals surface area contributed by atoms with Gasteiger partial charge in [0.1, 0.15) is 11.2 Å². The number of aryl methyl sites for hydroxylation is 1. The fourth-order valence-corrected chi connectivity index (χ4v) is 4.00. The number of anilines is 1. The predicted molar refractivity (Wildman–Crippen MR) is 118 cm³/mol. The number of hydrogen-bond donors (Lipinski definition) is 0. The van der Waals surface area contributed by atoms with Gasteiger partial charge in [-0.3, -0.25) is 4.90 Å². The van der Waals surface area contributed by atoms with E-state index in [-0.39, 0.29) is 18.1 Å². The first-order valence-electron chi connectivity index (χ1n) is 10.6. The first-order valence-corrected chi connectivity index (χ1v) is 10.6. The minimum atomic E-state index is -0.546. The molecule has 0 fully saturated rings. The summed E-state index contributed by atoms with van der Waals surface area (Å²) in [6.45, 7) is 15.0. The highest BCUT2D eigenvalue weighted by molar-refractivity contribution is 5.92. The van der Waals surface area contributed by atoms with Crippen molar-refractivity contribution in [3.8, 4) is 0 Å². The molecule has 3 rings (SSSR count). The highest BCUT2D eigenvalue weighted by Gasteiger charge is 2.38. The molecule has 164 valence electrons. The van der Waals surface area contributed by atoms with Crippen molar-refractivity contribution in [2.75, 3.05) is 24.5 Å². The highest BCUT2D eigenvalue weighted by Crippen LogP contribution is 2.44. The van der Waals surface area contributed by atoms with Crippen molar-refractivity contribution >= 4 is 17.9 Å². The molecule has 1 aromatic rings. The fraction of sp³-hybridized carbons (Fsp3) is 0.583. The average molecular weight is 415 g/mol. The van der Waals surface area contributed by atoms with Crippen LogP contribution in [0.25, 0.3) is 0 Å². The van der Waals surface area contributed by atoms with Gasteiger partial charge in [-0.15, -0.1) is 0 Å². The second-order valence-electron chi connectivity index (χ2n) is 10.1. The standard InChI is InChI=1S/C24H34N2O4/c1-16-9-8-10-18-19(15-26(20(16)18)22(28)30-24(5,6)7)17-11-13-25(14-12-17)21(27)29-23(2,3)4/h8-11,19H,12-15H2,1-7H3. The lowest BCUT2D eigenvalue weighted by atomic mass is 9.88. The fourth-order valence-electron chi connectivity index (χ4n) is 4.00. The quantitative estimate of drug-likeness (QED) is 0.577. The van der Waals surface area contributed by atoms with Crippen LogP contribution in [0.2, 0.25) is 0 Å².